The third kappa shape index (κ3) is 2.60. The average Bonchev–Trinajstić information content (AvgIpc) is 2.62. The molecule has 4 aromatic rings. The molecule has 0 aliphatic carbocycles. The minimum atomic E-state index is 0.535. The topological polar surface area (TPSA) is 3.88 Å². The average molecular weight is 326 g/mol. The molecule has 1 aromatic heterocycles. The van der Waals surface area contributed by atoms with E-state index in [1.54, 1.807) is 0 Å². The number of hydrogen-bond donors (Lipinski definition) is 0. The van der Waals surface area contributed by atoms with Crippen molar-refractivity contribution < 1.29 is 4.57 Å². The fourth-order valence-electron chi connectivity index (χ4n) is 3.73. The van der Waals surface area contributed by atoms with Gasteiger partial charge in [-0.25, -0.2) is 0 Å². The zero-order chi connectivity index (χ0) is 17.6. The Morgan fingerprint density at radius 1 is 0.800 bits per heavy atom. The molecule has 4 rings (SSSR count). The van der Waals surface area contributed by atoms with Crippen LogP contribution in [0.5, 0.6) is 0 Å². The zero-order valence-corrected chi connectivity index (χ0v) is 15.4. The molecule has 0 radical (unpaired) electrons. The summed E-state index contributed by atoms with van der Waals surface area (Å²) in [6.45, 7) is 6.70. The number of aryl methyl sites for hydroxylation is 2. The molecule has 0 saturated carbocycles. The maximum Gasteiger partial charge on any atom is 0.213 e. The lowest BCUT2D eigenvalue weighted by Gasteiger charge is -2.11. The summed E-state index contributed by atoms with van der Waals surface area (Å²) in [5.74, 6) is 0.535. The summed E-state index contributed by atoms with van der Waals surface area (Å²) in [6.07, 6.45) is 0. The van der Waals surface area contributed by atoms with E-state index in [1.807, 2.05) is 0 Å². The summed E-state index contributed by atoms with van der Waals surface area (Å²) in [5.41, 5.74) is 6.58. The molecule has 0 unspecified atom stereocenters. The largest absolute Gasteiger partial charge is 0.213 e. The van der Waals surface area contributed by atoms with Gasteiger partial charge in [0.1, 0.15) is 7.05 Å². The van der Waals surface area contributed by atoms with E-state index in [4.69, 9.17) is 0 Å². The van der Waals surface area contributed by atoms with Crippen LogP contribution >= 0.6 is 0 Å². The number of aromatic nitrogens is 1. The van der Waals surface area contributed by atoms with Gasteiger partial charge >= 0.3 is 0 Å². The molecule has 0 amide bonds. The lowest BCUT2D eigenvalue weighted by Crippen LogP contribution is -2.32. The van der Waals surface area contributed by atoms with Gasteiger partial charge in [0.2, 0.25) is 11.2 Å². The van der Waals surface area contributed by atoms with Crippen LogP contribution in [0.15, 0.2) is 66.7 Å². The third-order valence-electron chi connectivity index (χ3n) is 5.26. The van der Waals surface area contributed by atoms with Crippen LogP contribution in [0.2, 0.25) is 0 Å². The van der Waals surface area contributed by atoms with Crippen molar-refractivity contribution in [2.24, 2.45) is 7.05 Å². The highest BCUT2D eigenvalue weighted by molar-refractivity contribution is 5.97. The molecular formula is C24H24N+. The van der Waals surface area contributed by atoms with E-state index in [2.05, 4.69) is 99.1 Å². The zero-order valence-electron chi connectivity index (χ0n) is 15.4. The van der Waals surface area contributed by atoms with Gasteiger partial charge in [-0.05, 0) is 46.9 Å². The van der Waals surface area contributed by atoms with E-state index in [-0.39, 0.29) is 0 Å². The molecule has 124 valence electrons. The molecule has 25 heavy (non-hydrogen) atoms. The number of nitrogens with zero attached hydrogens (tertiary/aromatic N) is 1. The number of hydrogen-bond acceptors (Lipinski definition) is 0. The standard InChI is InChI=1S/C24H24N/c1-16(2)20-12-11-19-13-14-22(25(4)23(19)15-20)24-17(3)9-10-18-7-5-6-8-21(18)24/h5-16H,1-4H3/q+1. The first kappa shape index (κ1) is 15.8. The van der Waals surface area contributed by atoms with Gasteiger partial charge < -0.3 is 0 Å². The second-order valence-electron chi connectivity index (χ2n) is 7.23. The van der Waals surface area contributed by atoms with Crippen LogP contribution in [-0.2, 0) is 7.05 Å². The van der Waals surface area contributed by atoms with Crippen LogP contribution in [0.4, 0.5) is 0 Å². The van der Waals surface area contributed by atoms with Gasteiger partial charge in [-0.2, -0.15) is 4.57 Å². The van der Waals surface area contributed by atoms with Gasteiger partial charge in [0.15, 0.2) is 0 Å². The molecule has 0 spiro atoms. The molecule has 0 saturated heterocycles. The van der Waals surface area contributed by atoms with E-state index in [0.29, 0.717) is 5.92 Å². The van der Waals surface area contributed by atoms with E-state index in [1.165, 1.54) is 44.1 Å². The number of pyridine rings is 1. The molecule has 3 aromatic carbocycles. The molecule has 0 aliphatic rings. The Labute approximate surface area is 149 Å². The lowest BCUT2D eigenvalue weighted by molar-refractivity contribution is -0.633. The van der Waals surface area contributed by atoms with Crippen LogP contribution < -0.4 is 4.57 Å². The molecule has 0 bridgehead atoms. The fraction of sp³-hybridized carbons (Fsp3) is 0.208. The third-order valence-corrected chi connectivity index (χ3v) is 5.26. The second kappa shape index (κ2) is 6.00. The number of benzene rings is 3. The Morgan fingerprint density at radius 2 is 1.52 bits per heavy atom. The molecule has 1 nitrogen and oxygen atoms in total. The molecule has 0 N–H and O–H groups in total. The van der Waals surface area contributed by atoms with Crippen molar-refractivity contribution in [3.8, 4) is 11.3 Å². The Hall–Kier alpha value is -2.67. The van der Waals surface area contributed by atoms with Gasteiger partial charge in [-0.3, -0.25) is 0 Å². The molecule has 0 fully saturated rings. The van der Waals surface area contributed by atoms with Crippen molar-refractivity contribution in [3.05, 3.63) is 77.9 Å². The maximum atomic E-state index is 2.34. The molecule has 0 atom stereocenters. The highest BCUT2D eigenvalue weighted by atomic mass is 14.9. The first-order chi connectivity index (χ1) is 12.1. The number of fused-ring (bicyclic) bond motifs is 2. The number of rotatable bonds is 2. The molecular weight excluding hydrogens is 302 g/mol. The van der Waals surface area contributed by atoms with Gasteiger partial charge in [0.25, 0.3) is 0 Å². The van der Waals surface area contributed by atoms with E-state index >= 15 is 0 Å². The highest BCUT2D eigenvalue weighted by Crippen LogP contribution is 2.31. The van der Waals surface area contributed by atoms with Gasteiger partial charge in [0, 0.05) is 17.5 Å². The van der Waals surface area contributed by atoms with E-state index in [0.717, 1.165) is 0 Å². The van der Waals surface area contributed by atoms with Gasteiger partial charge in [-0.15, -0.1) is 0 Å². The van der Waals surface area contributed by atoms with Gasteiger partial charge in [-0.1, -0.05) is 56.3 Å². The summed E-state index contributed by atoms with van der Waals surface area (Å²) < 4.78 is 2.34. The van der Waals surface area contributed by atoms with Crippen molar-refractivity contribution >= 4 is 21.7 Å². The predicted octanol–water partition coefficient (Wildman–Crippen LogP) is 5.92. The van der Waals surface area contributed by atoms with E-state index < -0.39 is 0 Å². The van der Waals surface area contributed by atoms with Crippen molar-refractivity contribution in [2.45, 2.75) is 26.7 Å². The summed E-state index contributed by atoms with van der Waals surface area (Å²) in [5, 5.41) is 3.89. The smallest absolute Gasteiger partial charge is 0.194 e. The summed E-state index contributed by atoms with van der Waals surface area (Å²) >= 11 is 0. The minimum absolute atomic E-state index is 0.535. The Morgan fingerprint density at radius 3 is 2.32 bits per heavy atom. The quantitative estimate of drug-likeness (QED) is 0.403. The van der Waals surface area contributed by atoms with Crippen molar-refractivity contribution in [1.29, 1.82) is 0 Å². The summed E-state index contributed by atoms with van der Waals surface area (Å²) in [7, 11) is 2.18. The normalized spacial score (nSPS) is 11.6. The molecule has 1 heteroatoms. The van der Waals surface area contributed by atoms with Crippen LogP contribution in [-0.4, -0.2) is 0 Å². The van der Waals surface area contributed by atoms with Crippen molar-refractivity contribution in [3.63, 3.8) is 0 Å². The Kier molecular flexibility index (Phi) is 3.80. The van der Waals surface area contributed by atoms with E-state index in [9.17, 15) is 0 Å². The first-order valence-corrected chi connectivity index (χ1v) is 8.97. The lowest BCUT2D eigenvalue weighted by atomic mass is 9.95. The Bertz CT molecular complexity index is 1090. The monoisotopic (exact) mass is 326 g/mol. The van der Waals surface area contributed by atoms with Crippen LogP contribution in [0.1, 0.15) is 30.9 Å². The van der Waals surface area contributed by atoms with Gasteiger partial charge in [0.05, 0.1) is 5.56 Å². The van der Waals surface area contributed by atoms with Crippen LogP contribution in [0.25, 0.3) is 32.9 Å². The van der Waals surface area contributed by atoms with Crippen molar-refractivity contribution in [2.75, 3.05) is 0 Å². The summed E-state index contributed by atoms with van der Waals surface area (Å²) in [6, 6.07) is 24.4. The fourth-order valence-corrected chi connectivity index (χ4v) is 3.73. The minimum Gasteiger partial charge on any atom is -0.194 e. The maximum absolute atomic E-state index is 2.34. The van der Waals surface area contributed by atoms with Crippen LogP contribution in [0.3, 0.4) is 0 Å². The molecule has 1 heterocycles. The molecule has 0 aliphatic heterocycles. The predicted molar refractivity (Wildman–Crippen MR) is 107 cm³/mol. The van der Waals surface area contributed by atoms with Crippen LogP contribution in [0, 0.1) is 6.92 Å². The first-order valence-electron chi connectivity index (χ1n) is 8.97. The highest BCUT2D eigenvalue weighted by Gasteiger charge is 2.18. The summed E-state index contributed by atoms with van der Waals surface area (Å²) in [4.78, 5) is 0. The van der Waals surface area contributed by atoms with Crippen molar-refractivity contribution in [1.82, 2.24) is 0 Å². The Balaban J connectivity index is 2.05. The second-order valence-corrected chi connectivity index (χ2v) is 7.23. The SMILES string of the molecule is Cc1ccc2ccccc2c1-c1ccc2ccc(C(C)C)cc2[n+]1C.